The number of benzene rings is 1. The van der Waals surface area contributed by atoms with Crippen LogP contribution in [0, 0.1) is 6.92 Å². The van der Waals surface area contributed by atoms with Crippen LogP contribution in [0.4, 0.5) is 0 Å². The summed E-state index contributed by atoms with van der Waals surface area (Å²) in [5, 5.41) is 3.53. The van der Waals surface area contributed by atoms with Crippen molar-refractivity contribution in [2.45, 2.75) is 52.7 Å². The average Bonchev–Trinajstić information content (AvgIpc) is 2.35. The van der Waals surface area contributed by atoms with Crippen LogP contribution in [0.2, 0.25) is 0 Å². The van der Waals surface area contributed by atoms with E-state index in [1.807, 2.05) is 12.1 Å². The van der Waals surface area contributed by atoms with E-state index < -0.39 is 0 Å². The molecule has 102 valence electrons. The summed E-state index contributed by atoms with van der Waals surface area (Å²) >= 11 is 3.50. The predicted octanol–water partition coefficient (Wildman–Crippen LogP) is 4.30. The van der Waals surface area contributed by atoms with Crippen LogP contribution in [0.1, 0.15) is 39.2 Å². The number of hydrogen-bond acceptors (Lipinski definition) is 2. The first-order valence-corrected chi connectivity index (χ1v) is 7.52. The van der Waals surface area contributed by atoms with Crippen LogP contribution in [0.5, 0.6) is 5.75 Å². The Morgan fingerprint density at radius 3 is 2.50 bits per heavy atom. The highest BCUT2D eigenvalue weighted by molar-refractivity contribution is 9.10. The van der Waals surface area contributed by atoms with Gasteiger partial charge in [-0.05, 0) is 50.5 Å². The summed E-state index contributed by atoms with van der Waals surface area (Å²) in [6.45, 7) is 9.49. The lowest BCUT2D eigenvalue weighted by Gasteiger charge is -2.20. The summed E-state index contributed by atoms with van der Waals surface area (Å²) in [6, 6.07) is 6.71. The molecule has 1 aromatic carbocycles. The van der Waals surface area contributed by atoms with Gasteiger partial charge >= 0.3 is 0 Å². The Hall–Kier alpha value is -0.540. The van der Waals surface area contributed by atoms with Crippen LogP contribution >= 0.6 is 15.9 Å². The van der Waals surface area contributed by atoms with Gasteiger partial charge in [0.25, 0.3) is 0 Å². The Labute approximate surface area is 119 Å². The summed E-state index contributed by atoms with van der Waals surface area (Å²) < 4.78 is 7.03. The number of aryl methyl sites for hydroxylation is 1. The minimum Gasteiger partial charge on any atom is -0.489 e. The molecule has 1 rings (SSSR count). The molecule has 0 saturated heterocycles. The predicted molar refractivity (Wildman–Crippen MR) is 81.3 cm³/mol. The summed E-state index contributed by atoms with van der Waals surface area (Å²) in [6.07, 6.45) is 2.52. The minimum atomic E-state index is 0.186. The molecule has 0 aromatic heterocycles. The SMILES string of the molecule is CCC(CC)NCC(C)Oc1ccc(Br)c(C)c1. The monoisotopic (exact) mass is 313 g/mol. The largest absolute Gasteiger partial charge is 0.489 e. The summed E-state index contributed by atoms with van der Waals surface area (Å²) in [4.78, 5) is 0. The zero-order valence-electron chi connectivity index (χ0n) is 11.8. The molecule has 1 aromatic rings. The van der Waals surface area contributed by atoms with Gasteiger partial charge in [0.05, 0.1) is 0 Å². The van der Waals surface area contributed by atoms with E-state index in [4.69, 9.17) is 4.74 Å². The Bertz CT molecular complexity index is 364. The highest BCUT2D eigenvalue weighted by Gasteiger charge is 2.08. The van der Waals surface area contributed by atoms with E-state index in [9.17, 15) is 0 Å². The second-order valence-corrected chi connectivity index (χ2v) is 5.62. The van der Waals surface area contributed by atoms with Gasteiger partial charge in [0.2, 0.25) is 0 Å². The molecule has 0 amide bonds. The van der Waals surface area contributed by atoms with E-state index >= 15 is 0 Å². The zero-order chi connectivity index (χ0) is 13.5. The fourth-order valence-corrected chi connectivity index (χ4v) is 2.12. The molecule has 0 aliphatic carbocycles. The van der Waals surface area contributed by atoms with Crippen molar-refractivity contribution < 1.29 is 4.74 Å². The summed E-state index contributed by atoms with van der Waals surface area (Å²) in [5.74, 6) is 0.939. The van der Waals surface area contributed by atoms with Gasteiger partial charge < -0.3 is 10.1 Å². The molecule has 0 spiro atoms. The van der Waals surface area contributed by atoms with Crippen LogP contribution in [0.15, 0.2) is 22.7 Å². The van der Waals surface area contributed by atoms with Crippen LogP contribution in [0.3, 0.4) is 0 Å². The number of halogens is 1. The number of hydrogen-bond donors (Lipinski definition) is 1. The molecule has 1 atom stereocenters. The van der Waals surface area contributed by atoms with E-state index in [2.05, 4.69) is 55.0 Å². The molecule has 18 heavy (non-hydrogen) atoms. The summed E-state index contributed by atoms with van der Waals surface area (Å²) in [7, 11) is 0. The molecule has 0 bridgehead atoms. The van der Waals surface area contributed by atoms with Crippen molar-refractivity contribution in [3.8, 4) is 5.75 Å². The quantitative estimate of drug-likeness (QED) is 0.810. The van der Waals surface area contributed by atoms with Crippen molar-refractivity contribution in [2.24, 2.45) is 0 Å². The average molecular weight is 314 g/mol. The van der Waals surface area contributed by atoms with Crippen molar-refractivity contribution >= 4 is 15.9 Å². The highest BCUT2D eigenvalue weighted by atomic mass is 79.9. The molecule has 0 aliphatic rings. The minimum absolute atomic E-state index is 0.186. The van der Waals surface area contributed by atoms with Gasteiger partial charge in [0, 0.05) is 17.1 Å². The highest BCUT2D eigenvalue weighted by Crippen LogP contribution is 2.22. The lowest BCUT2D eigenvalue weighted by molar-refractivity contribution is 0.210. The van der Waals surface area contributed by atoms with E-state index in [0.29, 0.717) is 6.04 Å². The molecular weight excluding hydrogens is 290 g/mol. The molecule has 0 heterocycles. The molecule has 0 fully saturated rings. The first-order chi connectivity index (χ1) is 8.56. The first-order valence-electron chi connectivity index (χ1n) is 6.73. The van der Waals surface area contributed by atoms with Crippen molar-refractivity contribution in [1.82, 2.24) is 5.32 Å². The van der Waals surface area contributed by atoms with E-state index in [1.54, 1.807) is 0 Å². The lowest BCUT2D eigenvalue weighted by atomic mass is 10.1. The second kappa shape index (κ2) is 7.80. The fraction of sp³-hybridized carbons (Fsp3) is 0.600. The van der Waals surface area contributed by atoms with Crippen molar-refractivity contribution in [2.75, 3.05) is 6.54 Å². The third-order valence-corrected chi connectivity index (χ3v) is 4.04. The van der Waals surface area contributed by atoms with Gasteiger partial charge in [-0.2, -0.15) is 0 Å². The molecule has 0 radical (unpaired) electrons. The van der Waals surface area contributed by atoms with E-state index in [1.165, 1.54) is 18.4 Å². The van der Waals surface area contributed by atoms with Crippen molar-refractivity contribution in [1.29, 1.82) is 0 Å². The van der Waals surface area contributed by atoms with Crippen LogP contribution < -0.4 is 10.1 Å². The van der Waals surface area contributed by atoms with Gasteiger partial charge in [-0.15, -0.1) is 0 Å². The maximum absolute atomic E-state index is 5.91. The van der Waals surface area contributed by atoms with Gasteiger partial charge in [0.15, 0.2) is 0 Å². The molecule has 1 N–H and O–H groups in total. The van der Waals surface area contributed by atoms with Crippen LogP contribution in [-0.2, 0) is 0 Å². The lowest BCUT2D eigenvalue weighted by Crippen LogP contribution is -2.36. The molecule has 3 heteroatoms. The van der Waals surface area contributed by atoms with Gasteiger partial charge in [0.1, 0.15) is 11.9 Å². The van der Waals surface area contributed by atoms with E-state index in [0.717, 1.165) is 16.8 Å². The Balaban J connectivity index is 2.44. The van der Waals surface area contributed by atoms with Crippen LogP contribution in [0.25, 0.3) is 0 Å². The number of nitrogens with one attached hydrogen (secondary N) is 1. The summed E-state index contributed by atoms with van der Waals surface area (Å²) in [5.41, 5.74) is 1.20. The molecular formula is C15H24BrNO. The van der Waals surface area contributed by atoms with Gasteiger partial charge in [-0.1, -0.05) is 29.8 Å². The van der Waals surface area contributed by atoms with Crippen LogP contribution in [-0.4, -0.2) is 18.7 Å². The second-order valence-electron chi connectivity index (χ2n) is 4.76. The normalized spacial score (nSPS) is 12.8. The van der Waals surface area contributed by atoms with Crippen molar-refractivity contribution in [3.05, 3.63) is 28.2 Å². The van der Waals surface area contributed by atoms with Crippen molar-refractivity contribution in [3.63, 3.8) is 0 Å². The van der Waals surface area contributed by atoms with Gasteiger partial charge in [-0.3, -0.25) is 0 Å². The number of rotatable bonds is 7. The standard InChI is InChI=1S/C15H24BrNO/c1-5-13(6-2)17-10-12(4)18-14-7-8-15(16)11(3)9-14/h7-9,12-13,17H,5-6,10H2,1-4H3. The first kappa shape index (κ1) is 15.5. The zero-order valence-corrected chi connectivity index (χ0v) is 13.4. The molecule has 0 aliphatic heterocycles. The third kappa shape index (κ3) is 4.99. The fourth-order valence-electron chi connectivity index (χ4n) is 1.87. The Morgan fingerprint density at radius 2 is 1.94 bits per heavy atom. The molecule has 0 saturated carbocycles. The maximum atomic E-state index is 5.91. The molecule has 1 unspecified atom stereocenters. The topological polar surface area (TPSA) is 21.3 Å². The Kier molecular flexibility index (Phi) is 6.72. The van der Waals surface area contributed by atoms with E-state index in [-0.39, 0.29) is 6.10 Å². The Morgan fingerprint density at radius 1 is 1.28 bits per heavy atom. The smallest absolute Gasteiger partial charge is 0.120 e. The van der Waals surface area contributed by atoms with Gasteiger partial charge in [-0.25, -0.2) is 0 Å². The third-order valence-electron chi connectivity index (χ3n) is 3.15. The maximum Gasteiger partial charge on any atom is 0.120 e. The molecule has 2 nitrogen and oxygen atoms in total. The number of ether oxygens (including phenoxy) is 1.